The number of carbonyl (C=O) groups is 2. The third-order valence-electron chi connectivity index (χ3n) is 3.34. The van der Waals surface area contributed by atoms with E-state index in [4.69, 9.17) is 0 Å². The maximum absolute atomic E-state index is 12.2. The highest BCUT2D eigenvalue weighted by atomic mass is 79.9. The van der Waals surface area contributed by atoms with E-state index in [1.54, 1.807) is 0 Å². The molecule has 1 aromatic heterocycles. The number of hydrogen-bond acceptors (Lipinski definition) is 3. The maximum atomic E-state index is 12.2. The maximum Gasteiger partial charge on any atom is 0.263 e. The van der Waals surface area contributed by atoms with E-state index in [-0.39, 0.29) is 17.7 Å². The summed E-state index contributed by atoms with van der Waals surface area (Å²) < 4.78 is 0.760. The minimum absolute atomic E-state index is 0.00534. The zero-order chi connectivity index (χ0) is 14.5. The molecule has 2 amide bonds. The molecule has 4 nitrogen and oxygen atoms in total. The summed E-state index contributed by atoms with van der Waals surface area (Å²) in [6.07, 6.45) is 1.44. The number of thiophene rings is 1. The van der Waals surface area contributed by atoms with Crippen molar-refractivity contribution in [1.29, 1.82) is 0 Å². The van der Waals surface area contributed by atoms with Crippen LogP contribution in [0.5, 0.6) is 0 Å². The first kappa shape index (κ1) is 15.3. The molecule has 108 valence electrons. The Labute approximate surface area is 131 Å². The molecule has 0 saturated carbocycles. The van der Waals surface area contributed by atoms with Crippen LogP contribution >= 0.6 is 27.3 Å². The van der Waals surface area contributed by atoms with Gasteiger partial charge in [-0.15, -0.1) is 11.3 Å². The standard InChI is InChI=1S/C14H17BrN2O2S/c1-10(15)9-16-13(18)11-4-6-17(7-5-11)14(19)12-3-2-8-20-12/h2-3,8,11H,1,4-7,9H2,(H,16,18). The molecule has 2 rings (SSSR count). The lowest BCUT2D eigenvalue weighted by atomic mass is 9.96. The molecule has 0 unspecified atom stereocenters. The first-order valence-corrected chi connectivity index (χ1v) is 8.19. The van der Waals surface area contributed by atoms with Crippen molar-refractivity contribution < 1.29 is 9.59 Å². The van der Waals surface area contributed by atoms with E-state index in [0.29, 0.717) is 19.6 Å². The van der Waals surface area contributed by atoms with Crippen LogP contribution < -0.4 is 5.32 Å². The number of piperidine rings is 1. The molecule has 0 atom stereocenters. The summed E-state index contributed by atoms with van der Waals surface area (Å²) in [5.74, 6) is 0.121. The highest BCUT2D eigenvalue weighted by Gasteiger charge is 2.27. The van der Waals surface area contributed by atoms with Crippen molar-refractivity contribution in [3.8, 4) is 0 Å². The Bertz CT molecular complexity index is 493. The Morgan fingerprint density at radius 2 is 2.15 bits per heavy atom. The summed E-state index contributed by atoms with van der Waals surface area (Å²) in [7, 11) is 0. The van der Waals surface area contributed by atoms with Crippen molar-refractivity contribution in [3.05, 3.63) is 33.5 Å². The van der Waals surface area contributed by atoms with Crippen molar-refractivity contribution in [1.82, 2.24) is 10.2 Å². The molecular formula is C14H17BrN2O2S. The van der Waals surface area contributed by atoms with Crippen molar-refractivity contribution in [2.75, 3.05) is 19.6 Å². The molecule has 2 heterocycles. The van der Waals surface area contributed by atoms with E-state index >= 15 is 0 Å². The average molecular weight is 357 g/mol. The molecule has 1 aromatic rings. The second kappa shape index (κ2) is 7.04. The van der Waals surface area contributed by atoms with E-state index in [1.807, 2.05) is 22.4 Å². The van der Waals surface area contributed by atoms with Crippen LogP contribution in [-0.4, -0.2) is 36.3 Å². The smallest absolute Gasteiger partial charge is 0.263 e. The number of nitrogens with one attached hydrogen (secondary N) is 1. The SMILES string of the molecule is C=C(Br)CNC(=O)C1CCN(C(=O)c2cccs2)CC1. The molecule has 0 spiro atoms. The Hall–Kier alpha value is -1.14. The first-order chi connectivity index (χ1) is 9.58. The second-order valence-electron chi connectivity index (χ2n) is 4.78. The van der Waals surface area contributed by atoms with Crippen molar-refractivity contribution in [2.45, 2.75) is 12.8 Å². The highest BCUT2D eigenvalue weighted by Crippen LogP contribution is 2.21. The van der Waals surface area contributed by atoms with Gasteiger partial charge in [-0.05, 0) is 24.3 Å². The van der Waals surface area contributed by atoms with Gasteiger partial charge in [-0.25, -0.2) is 0 Å². The van der Waals surface area contributed by atoms with Crippen LogP contribution in [0.1, 0.15) is 22.5 Å². The summed E-state index contributed by atoms with van der Waals surface area (Å²) in [5, 5.41) is 4.74. The van der Waals surface area contributed by atoms with Gasteiger partial charge in [-0.2, -0.15) is 0 Å². The zero-order valence-electron chi connectivity index (χ0n) is 11.1. The van der Waals surface area contributed by atoms with E-state index in [1.165, 1.54) is 11.3 Å². The van der Waals surface area contributed by atoms with Gasteiger partial charge in [0.1, 0.15) is 0 Å². The summed E-state index contributed by atoms with van der Waals surface area (Å²) in [6, 6.07) is 3.72. The molecule has 0 aromatic carbocycles. The molecule has 6 heteroatoms. The zero-order valence-corrected chi connectivity index (χ0v) is 13.5. The number of rotatable bonds is 4. The number of halogens is 1. The lowest BCUT2D eigenvalue weighted by molar-refractivity contribution is -0.126. The van der Waals surface area contributed by atoms with Crippen LogP contribution in [0.15, 0.2) is 28.6 Å². The molecule has 20 heavy (non-hydrogen) atoms. The van der Waals surface area contributed by atoms with Gasteiger partial charge in [0, 0.05) is 30.0 Å². The van der Waals surface area contributed by atoms with Crippen molar-refractivity contribution in [2.24, 2.45) is 5.92 Å². The largest absolute Gasteiger partial charge is 0.351 e. The minimum Gasteiger partial charge on any atom is -0.351 e. The van der Waals surface area contributed by atoms with Gasteiger partial charge >= 0.3 is 0 Å². The molecule has 0 bridgehead atoms. The van der Waals surface area contributed by atoms with Crippen LogP contribution in [0.25, 0.3) is 0 Å². The van der Waals surface area contributed by atoms with Crippen LogP contribution in [0, 0.1) is 5.92 Å². The number of likely N-dealkylation sites (tertiary alicyclic amines) is 1. The average Bonchev–Trinajstić information content (AvgIpc) is 2.98. The summed E-state index contributed by atoms with van der Waals surface area (Å²) >= 11 is 4.67. The summed E-state index contributed by atoms with van der Waals surface area (Å²) in [4.78, 5) is 26.7. The number of hydrogen-bond donors (Lipinski definition) is 1. The second-order valence-corrected chi connectivity index (χ2v) is 6.85. The van der Waals surface area contributed by atoms with Crippen LogP contribution in [0.2, 0.25) is 0 Å². The molecule has 1 saturated heterocycles. The lowest BCUT2D eigenvalue weighted by Gasteiger charge is -2.31. The van der Waals surface area contributed by atoms with Gasteiger partial charge in [0.2, 0.25) is 5.91 Å². The van der Waals surface area contributed by atoms with Gasteiger partial charge in [-0.3, -0.25) is 9.59 Å². The quantitative estimate of drug-likeness (QED) is 0.901. The lowest BCUT2D eigenvalue weighted by Crippen LogP contribution is -2.43. The highest BCUT2D eigenvalue weighted by molar-refractivity contribution is 9.11. The first-order valence-electron chi connectivity index (χ1n) is 6.51. The Balaban J connectivity index is 1.82. The van der Waals surface area contributed by atoms with E-state index in [0.717, 1.165) is 22.2 Å². The van der Waals surface area contributed by atoms with Gasteiger partial charge in [0.25, 0.3) is 5.91 Å². The number of amides is 2. The van der Waals surface area contributed by atoms with Gasteiger partial charge in [0.15, 0.2) is 0 Å². The van der Waals surface area contributed by atoms with Crippen LogP contribution in [0.3, 0.4) is 0 Å². The third kappa shape index (κ3) is 3.93. The van der Waals surface area contributed by atoms with Gasteiger partial charge in [-0.1, -0.05) is 28.6 Å². The Morgan fingerprint density at radius 1 is 1.45 bits per heavy atom. The van der Waals surface area contributed by atoms with Crippen molar-refractivity contribution in [3.63, 3.8) is 0 Å². The fraction of sp³-hybridized carbons (Fsp3) is 0.429. The summed E-state index contributed by atoms with van der Waals surface area (Å²) in [5.41, 5.74) is 0. The fourth-order valence-corrected chi connectivity index (χ4v) is 3.06. The molecule has 1 aliphatic heterocycles. The molecule has 1 N–H and O–H groups in total. The minimum atomic E-state index is -0.00534. The molecular weight excluding hydrogens is 340 g/mol. The monoisotopic (exact) mass is 356 g/mol. The van der Waals surface area contributed by atoms with Gasteiger partial charge in [0.05, 0.1) is 4.88 Å². The normalized spacial score (nSPS) is 15.9. The predicted octanol–water partition coefficient (Wildman–Crippen LogP) is 2.63. The van der Waals surface area contributed by atoms with Crippen LogP contribution in [-0.2, 0) is 4.79 Å². The van der Waals surface area contributed by atoms with Crippen molar-refractivity contribution >= 4 is 39.1 Å². The predicted molar refractivity (Wildman–Crippen MR) is 84.0 cm³/mol. The number of nitrogens with zero attached hydrogens (tertiary/aromatic N) is 1. The van der Waals surface area contributed by atoms with E-state index < -0.39 is 0 Å². The summed E-state index contributed by atoms with van der Waals surface area (Å²) in [6.45, 7) is 5.42. The topological polar surface area (TPSA) is 49.4 Å². The third-order valence-corrected chi connectivity index (χ3v) is 4.48. The van der Waals surface area contributed by atoms with E-state index in [2.05, 4.69) is 27.8 Å². The Kier molecular flexibility index (Phi) is 5.37. The van der Waals surface area contributed by atoms with Crippen LogP contribution in [0.4, 0.5) is 0 Å². The number of carbonyl (C=O) groups excluding carboxylic acids is 2. The van der Waals surface area contributed by atoms with Gasteiger partial charge < -0.3 is 10.2 Å². The fourth-order valence-electron chi connectivity index (χ4n) is 2.23. The Morgan fingerprint density at radius 3 is 2.70 bits per heavy atom. The van der Waals surface area contributed by atoms with E-state index in [9.17, 15) is 9.59 Å². The molecule has 1 aliphatic rings. The molecule has 0 radical (unpaired) electrons. The molecule has 0 aliphatic carbocycles. The molecule has 1 fully saturated rings.